The van der Waals surface area contributed by atoms with Crippen LogP contribution >= 0.6 is 0 Å². The molecule has 3 saturated carbocycles. The molecule has 1 heteroatoms. The summed E-state index contributed by atoms with van der Waals surface area (Å²) in [5.41, 5.74) is 1.47. The van der Waals surface area contributed by atoms with Gasteiger partial charge in [-0.25, -0.2) is 0 Å². The van der Waals surface area contributed by atoms with Crippen LogP contribution in [0.5, 0.6) is 0 Å². The molecule has 0 spiro atoms. The molecule has 0 saturated heterocycles. The van der Waals surface area contributed by atoms with E-state index in [1.54, 1.807) is 6.42 Å². The summed E-state index contributed by atoms with van der Waals surface area (Å²) in [7, 11) is 0. The Morgan fingerprint density at radius 2 is 1.63 bits per heavy atom. The standard InChI is InChI=1S/C18H25N/c1-11(2)17(12-6-4-3-5-7-12)19-18-15-13-8-9-14(10-13)16(15)18/h3-7,11,13-19H,8-10H2,1-2H3. The Labute approximate surface area is 116 Å². The van der Waals surface area contributed by atoms with Crippen LogP contribution in [0.15, 0.2) is 30.3 Å². The van der Waals surface area contributed by atoms with E-state index < -0.39 is 0 Å². The van der Waals surface area contributed by atoms with Gasteiger partial charge in [0.15, 0.2) is 0 Å². The topological polar surface area (TPSA) is 12.0 Å². The van der Waals surface area contributed by atoms with Crippen LogP contribution in [0.1, 0.15) is 44.7 Å². The molecule has 5 unspecified atom stereocenters. The summed E-state index contributed by atoms with van der Waals surface area (Å²) in [6, 6.07) is 12.4. The molecule has 1 aromatic rings. The molecule has 0 amide bonds. The fourth-order valence-electron chi connectivity index (χ4n) is 5.09. The number of fused-ring (bicyclic) bond motifs is 5. The van der Waals surface area contributed by atoms with Crippen LogP contribution in [0.3, 0.4) is 0 Å². The van der Waals surface area contributed by atoms with Gasteiger partial charge in [-0.1, -0.05) is 44.2 Å². The number of benzene rings is 1. The lowest BCUT2D eigenvalue weighted by atomic mass is 9.95. The highest BCUT2D eigenvalue weighted by atomic mass is 15.1. The molecule has 5 atom stereocenters. The second-order valence-electron chi connectivity index (χ2n) is 7.31. The summed E-state index contributed by atoms with van der Waals surface area (Å²) in [5, 5.41) is 4.01. The first kappa shape index (κ1) is 12.0. The highest BCUT2D eigenvalue weighted by Crippen LogP contribution is 2.66. The summed E-state index contributed by atoms with van der Waals surface area (Å²) < 4.78 is 0. The maximum absolute atomic E-state index is 4.01. The van der Waals surface area contributed by atoms with Crippen LogP contribution in [0.25, 0.3) is 0 Å². The van der Waals surface area contributed by atoms with Crippen molar-refractivity contribution in [3.05, 3.63) is 35.9 Å². The lowest BCUT2D eigenvalue weighted by molar-refractivity contribution is 0.363. The number of rotatable bonds is 4. The van der Waals surface area contributed by atoms with Crippen molar-refractivity contribution in [2.75, 3.05) is 0 Å². The van der Waals surface area contributed by atoms with E-state index in [9.17, 15) is 0 Å². The zero-order valence-electron chi connectivity index (χ0n) is 12.0. The Balaban J connectivity index is 1.49. The first-order valence-corrected chi connectivity index (χ1v) is 8.06. The Bertz CT molecular complexity index is 436. The molecular formula is C18H25N. The van der Waals surface area contributed by atoms with Crippen LogP contribution in [-0.4, -0.2) is 6.04 Å². The maximum atomic E-state index is 4.01. The molecule has 4 rings (SSSR count). The zero-order chi connectivity index (χ0) is 13.0. The summed E-state index contributed by atoms with van der Waals surface area (Å²) >= 11 is 0. The van der Waals surface area contributed by atoms with Gasteiger partial charge in [-0.05, 0) is 54.4 Å². The van der Waals surface area contributed by atoms with Gasteiger partial charge < -0.3 is 5.32 Å². The van der Waals surface area contributed by atoms with Gasteiger partial charge in [-0.15, -0.1) is 0 Å². The molecule has 1 nitrogen and oxygen atoms in total. The third-order valence-electron chi connectivity index (χ3n) is 5.93. The molecule has 3 aliphatic rings. The van der Waals surface area contributed by atoms with Crippen LogP contribution in [-0.2, 0) is 0 Å². The third-order valence-corrected chi connectivity index (χ3v) is 5.93. The zero-order valence-corrected chi connectivity index (χ0v) is 12.0. The largest absolute Gasteiger partial charge is 0.306 e. The average Bonchev–Trinajstić information content (AvgIpc) is 2.80. The van der Waals surface area contributed by atoms with Gasteiger partial charge in [0.2, 0.25) is 0 Å². The van der Waals surface area contributed by atoms with E-state index >= 15 is 0 Å². The van der Waals surface area contributed by atoms with Crippen LogP contribution in [0.4, 0.5) is 0 Å². The van der Waals surface area contributed by atoms with Gasteiger partial charge in [0.05, 0.1) is 0 Å². The molecule has 3 fully saturated rings. The Morgan fingerprint density at radius 3 is 2.21 bits per heavy atom. The Hall–Kier alpha value is -0.820. The van der Waals surface area contributed by atoms with Gasteiger partial charge in [-0.2, -0.15) is 0 Å². The van der Waals surface area contributed by atoms with Crippen molar-refractivity contribution in [3.63, 3.8) is 0 Å². The quantitative estimate of drug-likeness (QED) is 0.857. The third kappa shape index (κ3) is 1.86. The monoisotopic (exact) mass is 255 g/mol. The Morgan fingerprint density at radius 1 is 1.00 bits per heavy atom. The van der Waals surface area contributed by atoms with E-state index in [-0.39, 0.29) is 0 Å². The molecule has 3 aliphatic carbocycles. The van der Waals surface area contributed by atoms with E-state index in [4.69, 9.17) is 0 Å². The molecule has 0 heterocycles. The smallest absolute Gasteiger partial charge is 0.0346 e. The highest BCUT2D eigenvalue weighted by molar-refractivity contribution is 5.23. The first-order chi connectivity index (χ1) is 9.25. The highest BCUT2D eigenvalue weighted by Gasteiger charge is 2.65. The minimum atomic E-state index is 0.538. The van der Waals surface area contributed by atoms with E-state index in [1.807, 2.05) is 0 Å². The fraction of sp³-hybridized carbons (Fsp3) is 0.667. The number of hydrogen-bond acceptors (Lipinski definition) is 1. The van der Waals surface area contributed by atoms with E-state index in [2.05, 4.69) is 49.5 Å². The van der Waals surface area contributed by atoms with Crippen molar-refractivity contribution < 1.29 is 0 Å². The van der Waals surface area contributed by atoms with Gasteiger partial charge >= 0.3 is 0 Å². The number of nitrogens with one attached hydrogen (secondary N) is 1. The Kier molecular flexibility index (Phi) is 2.73. The average molecular weight is 255 g/mol. The van der Waals surface area contributed by atoms with Gasteiger partial charge in [-0.3, -0.25) is 0 Å². The molecule has 19 heavy (non-hydrogen) atoms. The van der Waals surface area contributed by atoms with Gasteiger partial charge in [0, 0.05) is 12.1 Å². The van der Waals surface area contributed by atoms with Gasteiger partial charge in [0.1, 0.15) is 0 Å². The van der Waals surface area contributed by atoms with E-state index in [1.165, 1.54) is 18.4 Å². The maximum Gasteiger partial charge on any atom is 0.0346 e. The lowest BCUT2D eigenvalue weighted by Crippen LogP contribution is -2.31. The number of hydrogen-bond donors (Lipinski definition) is 1. The minimum Gasteiger partial charge on any atom is -0.306 e. The van der Waals surface area contributed by atoms with Crippen molar-refractivity contribution in [2.24, 2.45) is 29.6 Å². The van der Waals surface area contributed by atoms with Crippen molar-refractivity contribution in [1.82, 2.24) is 5.32 Å². The summed E-state index contributed by atoms with van der Waals surface area (Å²) in [4.78, 5) is 0. The second kappa shape index (κ2) is 4.34. The van der Waals surface area contributed by atoms with E-state index in [0.29, 0.717) is 12.0 Å². The molecule has 0 aromatic heterocycles. The molecule has 0 radical (unpaired) electrons. The summed E-state index contributed by atoms with van der Waals surface area (Å²) in [6.45, 7) is 4.69. The molecule has 2 bridgehead atoms. The molecule has 0 aliphatic heterocycles. The first-order valence-electron chi connectivity index (χ1n) is 8.06. The van der Waals surface area contributed by atoms with Crippen molar-refractivity contribution in [1.29, 1.82) is 0 Å². The van der Waals surface area contributed by atoms with Crippen molar-refractivity contribution in [3.8, 4) is 0 Å². The van der Waals surface area contributed by atoms with Gasteiger partial charge in [0.25, 0.3) is 0 Å². The van der Waals surface area contributed by atoms with Crippen molar-refractivity contribution >= 4 is 0 Å². The van der Waals surface area contributed by atoms with E-state index in [0.717, 1.165) is 29.7 Å². The van der Waals surface area contributed by atoms with Crippen molar-refractivity contribution in [2.45, 2.75) is 45.2 Å². The fourth-order valence-corrected chi connectivity index (χ4v) is 5.09. The molecule has 102 valence electrons. The predicted octanol–water partition coefficient (Wildman–Crippen LogP) is 4.02. The minimum absolute atomic E-state index is 0.538. The SMILES string of the molecule is CC(C)C(NC1C2C3CCC(C3)C12)c1ccccc1. The van der Waals surface area contributed by atoms with Crippen LogP contribution in [0.2, 0.25) is 0 Å². The summed E-state index contributed by atoms with van der Waals surface area (Å²) in [6.07, 6.45) is 4.58. The molecule has 1 N–H and O–H groups in total. The predicted molar refractivity (Wildman–Crippen MR) is 78.8 cm³/mol. The molecule has 1 aromatic carbocycles. The second-order valence-corrected chi connectivity index (χ2v) is 7.31. The summed E-state index contributed by atoms with van der Waals surface area (Å²) in [5.74, 6) is 4.86. The van der Waals surface area contributed by atoms with Crippen LogP contribution in [0, 0.1) is 29.6 Å². The lowest BCUT2D eigenvalue weighted by Gasteiger charge is -2.25. The van der Waals surface area contributed by atoms with Crippen LogP contribution < -0.4 is 5.32 Å². The molecular weight excluding hydrogens is 230 g/mol. The normalized spacial score (nSPS) is 40.5.